The van der Waals surface area contributed by atoms with Crippen molar-refractivity contribution in [1.29, 1.82) is 0 Å². The average Bonchev–Trinajstić information content (AvgIpc) is 2.88. The third kappa shape index (κ3) is 17.2. The predicted octanol–water partition coefficient (Wildman–Crippen LogP) is 2.26. The molecule has 210 valence electrons. The van der Waals surface area contributed by atoms with Crippen LogP contribution in [0, 0.1) is 17.8 Å². The number of amides is 2. The highest BCUT2D eigenvalue weighted by Crippen LogP contribution is 2.14. The molecule has 2 amide bonds. The van der Waals surface area contributed by atoms with Gasteiger partial charge in [-0.2, -0.15) is 0 Å². The van der Waals surface area contributed by atoms with E-state index in [2.05, 4.69) is 37.8 Å². The topological polar surface area (TPSA) is 156 Å². The van der Waals surface area contributed by atoms with Crippen molar-refractivity contribution in [3.8, 4) is 17.6 Å². The van der Waals surface area contributed by atoms with E-state index in [0.29, 0.717) is 56.1 Å². The summed E-state index contributed by atoms with van der Waals surface area (Å²) >= 11 is 0. The lowest BCUT2D eigenvalue weighted by Crippen LogP contribution is -2.34. The van der Waals surface area contributed by atoms with Crippen molar-refractivity contribution < 1.29 is 28.5 Å². The molecule has 1 aromatic carbocycles. The number of carbonyl (C=O) groups is 2. The summed E-state index contributed by atoms with van der Waals surface area (Å²) in [5, 5.41) is 12.3. The van der Waals surface area contributed by atoms with E-state index in [9.17, 15) is 9.59 Å². The molecule has 0 saturated carbocycles. The Morgan fingerprint density at radius 3 is 2.61 bits per heavy atom. The molecule has 3 N–H and O–H groups in total. The molecule has 1 atom stereocenters. The van der Waals surface area contributed by atoms with E-state index in [1.54, 1.807) is 24.3 Å². The van der Waals surface area contributed by atoms with Gasteiger partial charge in [0.2, 0.25) is 5.91 Å². The van der Waals surface area contributed by atoms with Gasteiger partial charge in [0.15, 0.2) is 6.23 Å². The monoisotopic (exact) mass is 532 g/mol. The van der Waals surface area contributed by atoms with Crippen LogP contribution in [0.4, 0.5) is 0 Å². The first-order valence-corrected chi connectivity index (χ1v) is 12.6. The summed E-state index contributed by atoms with van der Waals surface area (Å²) in [4.78, 5) is 26.9. The van der Waals surface area contributed by atoms with Crippen molar-refractivity contribution in [1.82, 2.24) is 16.0 Å². The molecule has 1 aromatic rings. The number of hydrogen-bond acceptors (Lipinski definition) is 8. The van der Waals surface area contributed by atoms with Crippen LogP contribution in [0.5, 0.6) is 5.75 Å². The first-order chi connectivity index (χ1) is 18.3. The molecule has 1 rings (SSSR count). The Kier molecular flexibility index (Phi) is 17.8. The van der Waals surface area contributed by atoms with Crippen LogP contribution in [0.15, 0.2) is 29.4 Å². The maximum absolute atomic E-state index is 12.3. The van der Waals surface area contributed by atoms with Gasteiger partial charge in [-0.05, 0) is 23.7 Å². The molecule has 0 aliphatic heterocycles. The maximum atomic E-state index is 12.3. The molecule has 0 aliphatic carbocycles. The van der Waals surface area contributed by atoms with Crippen molar-refractivity contribution in [2.24, 2.45) is 11.0 Å². The van der Waals surface area contributed by atoms with E-state index in [0.717, 1.165) is 0 Å². The third-order valence-electron chi connectivity index (χ3n) is 4.54. The number of benzene rings is 1. The van der Waals surface area contributed by atoms with Crippen molar-refractivity contribution >= 4 is 11.8 Å². The van der Waals surface area contributed by atoms with Gasteiger partial charge in [0.1, 0.15) is 25.6 Å². The summed E-state index contributed by atoms with van der Waals surface area (Å²) in [5.41, 5.74) is 9.25. The van der Waals surface area contributed by atoms with Crippen LogP contribution in [0.25, 0.3) is 10.4 Å². The number of rotatable bonds is 19. The van der Waals surface area contributed by atoms with Crippen LogP contribution in [-0.4, -0.2) is 83.4 Å². The lowest BCUT2D eigenvalue weighted by Gasteiger charge is -2.15. The molecule has 0 aromatic heterocycles. The van der Waals surface area contributed by atoms with Crippen molar-refractivity contribution in [2.45, 2.75) is 40.0 Å². The zero-order valence-corrected chi connectivity index (χ0v) is 22.7. The Morgan fingerprint density at radius 1 is 1.05 bits per heavy atom. The minimum absolute atomic E-state index is 0.0600. The fraction of sp³-hybridized carbons (Fsp3) is 0.615. The first-order valence-electron chi connectivity index (χ1n) is 12.6. The van der Waals surface area contributed by atoms with Crippen molar-refractivity contribution in [3.63, 3.8) is 0 Å². The lowest BCUT2D eigenvalue weighted by atomic mass is 10.2. The molecule has 0 radical (unpaired) electrons. The van der Waals surface area contributed by atoms with Gasteiger partial charge in [0, 0.05) is 42.1 Å². The van der Waals surface area contributed by atoms with Crippen LogP contribution < -0.4 is 20.7 Å². The number of hydrogen-bond donors (Lipinski definition) is 3. The number of azide groups is 1. The van der Waals surface area contributed by atoms with E-state index in [1.165, 1.54) is 0 Å². The molecule has 0 heterocycles. The lowest BCUT2D eigenvalue weighted by molar-refractivity contribution is -0.126. The summed E-state index contributed by atoms with van der Waals surface area (Å²) in [5.74, 6) is 6.12. The second kappa shape index (κ2) is 20.7. The van der Waals surface area contributed by atoms with Crippen molar-refractivity contribution in [3.05, 3.63) is 40.3 Å². The van der Waals surface area contributed by atoms with E-state index in [1.807, 2.05) is 27.7 Å². The molecule has 0 fully saturated rings. The van der Waals surface area contributed by atoms with E-state index < -0.39 is 6.23 Å². The average molecular weight is 533 g/mol. The number of carbonyl (C=O) groups excluding carboxylic acids is 2. The fourth-order valence-electron chi connectivity index (χ4n) is 2.80. The molecular formula is C26H40N6O6. The summed E-state index contributed by atoms with van der Waals surface area (Å²) in [6.07, 6.45) is -0.909. The Morgan fingerprint density at radius 2 is 1.87 bits per heavy atom. The van der Waals surface area contributed by atoms with E-state index in [4.69, 9.17) is 24.5 Å². The van der Waals surface area contributed by atoms with Gasteiger partial charge in [0.05, 0.1) is 19.8 Å². The molecule has 0 spiro atoms. The van der Waals surface area contributed by atoms with Crippen LogP contribution in [0.1, 0.15) is 38.1 Å². The molecule has 1 unspecified atom stereocenters. The Labute approximate surface area is 224 Å². The summed E-state index contributed by atoms with van der Waals surface area (Å²) < 4.78 is 21.7. The summed E-state index contributed by atoms with van der Waals surface area (Å²) in [7, 11) is 0. The van der Waals surface area contributed by atoms with Crippen LogP contribution in [-0.2, 0) is 19.0 Å². The van der Waals surface area contributed by atoms with Crippen LogP contribution in [0.3, 0.4) is 0 Å². The van der Waals surface area contributed by atoms with Gasteiger partial charge in [-0.3, -0.25) is 9.59 Å². The van der Waals surface area contributed by atoms with Gasteiger partial charge in [-0.15, -0.1) is 0 Å². The van der Waals surface area contributed by atoms with Gasteiger partial charge >= 0.3 is 0 Å². The second-order valence-corrected chi connectivity index (χ2v) is 8.66. The van der Waals surface area contributed by atoms with E-state index in [-0.39, 0.29) is 38.2 Å². The van der Waals surface area contributed by atoms with Crippen LogP contribution >= 0.6 is 0 Å². The largest absolute Gasteiger partial charge is 0.491 e. The summed E-state index contributed by atoms with van der Waals surface area (Å²) in [6, 6.07) is 7.02. The highest BCUT2D eigenvalue weighted by Gasteiger charge is 2.11. The van der Waals surface area contributed by atoms with Gasteiger partial charge in [0.25, 0.3) is 5.91 Å². The normalized spacial score (nSPS) is 11.3. The predicted molar refractivity (Wildman–Crippen MR) is 144 cm³/mol. The highest BCUT2D eigenvalue weighted by atomic mass is 16.6. The molecule has 0 aliphatic rings. The van der Waals surface area contributed by atoms with Crippen molar-refractivity contribution in [2.75, 3.05) is 59.3 Å². The zero-order valence-electron chi connectivity index (χ0n) is 22.7. The maximum Gasteiger partial charge on any atom is 0.251 e. The minimum atomic E-state index is -0.909. The zero-order chi connectivity index (χ0) is 28.0. The Hall–Kier alpha value is -3.33. The number of nitrogens with zero attached hydrogens (tertiary/aromatic N) is 3. The number of ether oxygens (including phenoxy) is 4. The Balaban J connectivity index is 2.27. The molecule has 0 saturated heterocycles. The SMILES string of the molecule is CC(C)C#CCOCCNC(=O)COCCOC(COc1cccc(C(=O)NCCNC(C)C)c1)N=[N+]=[N-]. The molecule has 12 heteroatoms. The van der Waals surface area contributed by atoms with Gasteiger partial charge < -0.3 is 34.9 Å². The number of nitrogens with one attached hydrogen (secondary N) is 3. The van der Waals surface area contributed by atoms with Crippen LogP contribution in [0.2, 0.25) is 0 Å². The standard InChI is InChI=1S/C26H40N6O6/c1-20(2)7-6-13-35-14-12-29-24(33)18-36-15-16-37-25(31-32-27)19-38-23-9-5-8-22(17-23)26(34)30-11-10-28-21(3)4/h5,8-9,17,20-21,25,28H,10-16,18-19H2,1-4H3,(H,29,33)(H,30,34). The highest BCUT2D eigenvalue weighted by molar-refractivity contribution is 5.94. The van der Waals surface area contributed by atoms with Gasteiger partial charge in [-0.1, -0.05) is 50.7 Å². The first kappa shape index (κ1) is 32.7. The molecule has 38 heavy (non-hydrogen) atoms. The molecular weight excluding hydrogens is 492 g/mol. The molecule has 0 bridgehead atoms. The Bertz CT molecular complexity index is 940. The fourth-order valence-corrected chi connectivity index (χ4v) is 2.80. The molecule has 12 nitrogen and oxygen atoms in total. The smallest absolute Gasteiger partial charge is 0.251 e. The van der Waals surface area contributed by atoms with Gasteiger partial charge in [-0.25, -0.2) is 0 Å². The summed E-state index contributed by atoms with van der Waals surface area (Å²) in [6.45, 7) is 10.3. The van der Waals surface area contributed by atoms with E-state index >= 15 is 0 Å². The second-order valence-electron chi connectivity index (χ2n) is 8.66. The third-order valence-corrected chi connectivity index (χ3v) is 4.54. The quantitative estimate of drug-likeness (QED) is 0.0811. The minimum Gasteiger partial charge on any atom is -0.491 e.